The summed E-state index contributed by atoms with van der Waals surface area (Å²) in [6.45, 7) is 4.77. The van der Waals surface area contributed by atoms with E-state index in [0.29, 0.717) is 6.54 Å². The summed E-state index contributed by atoms with van der Waals surface area (Å²) in [7, 11) is 4.08. The lowest BCUT2D eigenvalue weighted by atomic mass is 10.0. The minimum absolute atomic E-state index is 0.0332. The first kappa shape index (κ1) is 16.7. The zero-order chi connectivity index (χ0) is 16.1. The van der Waals surface area contributed by atoms with Crippen molar-refractivity contribution in [3.8, 4) is 0 Å². The smallest absolute Gasteiger partial charge is 0.261 e. The summed E-state index contributed by atoms with van der Waals surface area (Å²) in [4.78, 5) is 15.4. The highest BCUT2D eigenvalue weighted by Gasteiger charge is 2.17. The average molecular weight is 316 g/mol. The first-order valence-corrected chi connectivity index (χ1v) is 8.48. The lowest BCUT2D eigenvalue weighted by Crippen LogP contribution is -2.34. The molecule has 0 fully saturated rings. The first-order chi connectivity index (χ1) is 10.5. The molecule has 2 rings (SSSR count). The van der Waals surface area contributed by atoms with Crippen LogP contribution in [0.25, 0.3) is 0 Å². The zero-order valence-corrected chi connectivity index (χ0v) is 14.5. The van der Waals surface area contributed by atoms with E-state index >= 15 is 0 Å². The van der Waals surface area contributed by atoms with E-state index in [1.807, 2.05) is 25.5 Å². The van der Waals surface area contributed by atoms with Crippen LogP contribution in [-0.2, 0) is 6.42 Å². The third-order valence-electron chi connectivity index (χ3n) is 3.88. The van der Waals surface area contributed by atoms with Gasteiger partial charge in [0.2, 0.25) is 0 Å². The van der Waals surface area contributed by atoms with Crippen molar-refractivity contribution in [3.63, 3.8) is 0 Å². The van der Waals surface area contributed by atoms with E-state index < -0.39 is 0 Å². The van der Waals surface area contributed by atoms with E-state index in [9.17, 15) is 4.79 Å². The van der Waals surface area contributed by atoms with Crippen molar-refractivity contribution in [2.75, 3.05) is 20.6 Å². The number of hydrogen-bond acceptors (Lipinski definition) is 3. The Kier molecular flexibility index (Phi) is 5.75. The summed E-state index contributed by atoms with van der Waals surface area (Å²) in [6, 6.07) is 10.7. The Bertz CT molecular complexity index is 616. The third kappa shape index (κ3) is 3.96. The maximum absolute atomic E-state index is 12.4. The van der Waals surface area contributed by atoms with Gasteiger partial charge in [-0.2, -0.15) is 0 Å². The highest BCUT2D eigenvalue weighted by molar-refractivity contribution is 7.12. The summed E-state index contributed by atoms with van der Waals surface area (Å²) >= 11 is 1.51. The van der Waals surface area contributed by atoms with E-state index in [1.165, 1.54) is 22.5 Å². The van der Waals surface area contributed by atoms with Crippen LogP contribution in [0.5, 0.6) is 0 Å². The number of nitrogens with one attached hydrogen (secondary N) is 1. The third-order valence-corrected chi connectivity index (χ3v) is 4.83. The van der Waals surface area contributed by atoms with Gasteiger partial charge in [-0.15, -0.1) is 11.3 Å². The van der Waals surface area contributed by atoms with E-state index in [-0.39, 0.29) is 11.9 Å². The average Bonchev–Trinajstić information content (AvgIpc) is 2.97. The Hall–Kier alpha value is -1.65. The van der Waals surface area contributed by atoms with E-state index in [2.05, 4.69) is 48.3 Å². The van der Waals surface area contributed by atoms with Crippen molar-refractivity contribution in [2.24, 2.45) is 0 Å². The number of nitrogens with zero attached hydrogens (tertiary/aromatic N) is 1. The molecule has 1 atom stereocenters. The molecule has 0 bridgehead atoms. The van der Waals surface area contributed by atoms with Crippen LogP contribution in [0.3, 0.4) is 0 Å². The van der Waals surface area contributed by atoms with Gasteiger partial charge in [0.25, 0.3) is 5.91 Å². The predicted octanol–water partition coefficient (Wildman–Crippen LogP) is 3.65. The van der Waals surface area contributed by atoms with Crippen LogP contribution in [0.1, 0.15) is 39.3 Å². The number of thiophene rings is 1. The molecule has 0 aliphatic carbocycles. The number of aryl methyl sites for hydroxylation is 2. The van der Waals surface area contributed by atoms with Crippen LogP contribution in [0.4, 0.5) is 0 Å². The first-order valence-electron chi connectivity index (χ1n) is 7.60. The molecule has 118 valence electrons. The largest absolute Gasteiger partial charge is 0.349 e. The minimum atomic E-state index is 0.0332. The molecule has 3 nitrogen and oxygen atoms in total. The normalized spacial score (nSPS) is 12.4. The zero-order valence-electron chi connectivity index (χ0n) is 13.7. The summed E-state index contributed by atoms with van der Waals surface area (Å²) < 4.78 is 0. The minimum Gasteiger partial charge on any atom is -0.349 e. The van der Waals surface area contributed by atoms with Crippen LogP contribution < -0.4 is 5.32 Å². The van der Waals surface area contributed by atoms with Crippen molar-refractivity contribution in [3.05, 3.63) is 57.3 Å². The Morgan fingerprint density at radius 1 is 1.23 bits per heavy atom. The van der Waals surface area contributed by atoms with Crippen molar-refractivity contribution < 1.29 is 4.79 Å². The Morgan fingerprint density at radius 3 is 2.50 bits per heavy atom. The van der Waals surface area contributed by atoms with Crippen molar-refractivity contribution >= 4 is 17.2 Å². The van der Waals surface area contributed by atoms with Crippen molar-refractivity contribution in [1.29, 1.82) is 0 Å². The Labute approximate surface area is 137 Å². The number of benzene rings is 1. The standard InChI is InChI=1S/C18H24N2OS/c1-5-14-10-11-22-17(14)18(21)19-12-16(20(3)4)15-8-6-13(2)7-9-15/h6-11,16H,5,12H2,1-4H3,(H,19,21)/t16-/m0/s1. The molecule has 1 heterocycles. The van der Waals surface area contributed by atoms with Crippen LogP contribution in [-0.4, -0.2) is 31.4 Å². The highest BCUT2D eigenvalue weighted by Crippen LogP contribution is 2.20. The fourth-order valence-electron chi connectivity index (χ4n) is 2.47. The van der Waals surface area contributed by atoms with Crippen LogP contribution >= 0.6 is 11.3 Å². The van der Waals surface area contributed by atoms with Crippen LogP contribution in [0, 0.1) is 6.92 Å². The van der Waals surface area contributed by atoms with Gasteiger partial charge in [0.1, 0.15) is 0 Å². The lowest BCUT2D eigenvalue weighted by Gasteiger charge is -2.25. The lowest BCUT2D eigenvalue weighted by molar-refractivity contribution is 0.0945. The fraction of sp³-hybridized carbons (Fsp3) is 0.389. The number of likely N-dealkylation sites (N-methyl/N-ethyl adjacent to an activating group) is 1. The Balaban J connectivity index is 2.06. The molecule has 0 unspecified atom stereocenters. The van der Waals surface area contributed by atoms with Gasteiger partial charge < -0.3 is 10.2 Å². The second-order valence-electron chi connectivity index (χ2n) is 5.73. The summed E-state index contributed by atoms with van der Waals surface area (Å²) in [5.74, 6) is 0.0332. The number of amides is 1. The summed E-state index contributed by atoms with van der Waals surface area (Å²) in [5.41, 5.74) is 3.59. The van der Waals surface area contributed by atoms with E-state index in [4.69, 9.17) is 0 Å². The molecule has 0 saturated heterocycles. The van der Waals surface area contributed by atoms with Gasteiger partial charge in [-0.05, 0) is 50.0 Å². The van der Waals surface area contributed by atoms with Crippen LogP contribution in [0.2, 0.25) is 0 Å². The predicted molar refractivity (Wildman–Crippen MR) is 93.6 cm³/mol. The second kappa shape index (κ2) is 7.56. The number of carbonyl (C=O) groups is 1. The Morgan fingerprint density at radius 2 is 1.91 bits per heavy atom. The molecule has 1 N–H and O–H groups in total. The molecule has 1 amide bonds. The molecule has 0 spiro atoms. The molecule has 0 radical (unpaired) electrons. The molecule has 0 aliphatic rings. The van der Waals surface area contributed by atoms with Gasteiger partial charge >= 0.3 is 0 Å². The van der Waals surface area contributed by atoms with Crippen molar-refractivity contribution in [1.82, 2.24) is 10.2 Å². The fourth-order valence-corrected chi connectivity index (χ4v) is 3.38. The van der Waals surface area contributed by atoms with Gasteiger partial charge in [0.15, 0.2) is 0 Å². The molecule has 22 heavy (non-hydrogen) atoms. The number of rotatable bonds is 6. The van der Waals surface area contributed by atoms with E-state index in [0.717, 1.165) is 16.9 Å². The van der Waals surface area contributed by atoms with Gasteiger partial charge in [-0.3, -0.25) is 4.79 Å². The number of hydrogen-bond donors (Lipinski definition) is 1. The van der Waals surface area contributed by atoms with Gasteiger partial charge in [0, 0.05) is 6.54 Å². The number of carbonyl (C=O) groups excluding carboxylic acids is 1. The maximum atomic E-state index is 12.4. The SMILES string of the molecule is CCc1ccsc1C(=O)NC[C@@H](c1ccc(C)cc1)N(C)C. The van der Waals surface area contributed by atoms with Crippen LogP contribution in [0.15, 0.2) is 35.7 Å². The summed E-state index contributed by atoms with van der Waals surface area (Å²) in [5, 5.41) is 5.07. The summed E-state index contributed by atoms with van der Waals surface area (Å²) in [6.07, 6.45) is 0.890. The molecule has 0 saturated carbocycles. The molecule has 1 aromatic heterocycles. The van der Waals surface area contributed by atoms with Gasteiger partial charge in [0.05, 0.1) is 10.9 Å². The van der Waals surface area contributed by atoms with Gasteiger partial charge in [-0.25, -0.2) is 0 Å². The molecule has 2 aromatic rings. The topological polar surface area (TPSA) is 32.3 Å². The van der Waals surface area contributed by atoms with Gasteiger partial charge in [-0.1, -0.05) is 36.8 Å². The highest BCUT2D eigenvalue weighted by atomic mass is 32.1. The van der Waals surface area contributed by atoms with Crippen molar-refractivity contribution in [2.45, 2.75) is 26.3 Å². The second-order valence-corrected chi connectivity index (χ2v) is 6.64. The monoisotopic (exact) mass is 316 g/mol. The maximum Gasteiger partial charge on any atom is 0.261 e. The molecular weight excluding hydrogens is 292 g/mol. The molecule has 1 aromatic carbocycles. The molecular formula is C18H24N2OS. The quantitative estimate of drug-likeness (QED) is 0.882. The molecule has 0 aliphatic heterocycles. The molecule has 4 heteroatoms. The van der Waals surface area contributed by atoms with E-state index in [1.54, 1.807) is 0 Å².